The molecule has 7 heteroatoms. The molecule has 5 nitrogen and oxygen atoms in total. The van der Waals surface area contributed by atoms with E-state index in [2.05, 4.69) is 41.3 Å². The number of carbonyl (C=O) groups excluding carboxylic acids is 1. The Bertz CT molecular complexity index is 1060. The van der Waals surface area contributed by atoms with Gasteiger partial charge in [-0.1, -0.05) is 49.2 Å². The zero-order valence-corrected chi connectivity index (χ0v) is 19.2. The zero-order chi connectivity index (χ0) is 22.0. The summed E-state index contributed by atoms with van der Waals surface area (Å²) in [5.41, 5.74) is 2.05. The Morgan fingerprint density at radius 1 is 1.03 bits per heavy atom. The van der Waals surface area contributed by atoms with Crippen molar-refractivity contribution in [1.82, 2.24) is 14.9 Å². The predicted octanol–water partition coefficient (Wildman–Crippen LogP) is 5.78. The summed E-state index contributed by atoms with van der Waals surface area (Å²) in [6, 6.07) is 13.2. The fourth-order valence-corrected chi connectivity index (χ4v) is 4.46. The number of fused-ring (bicyclic) bond motifs is 1. The fourth-order valence-electron chi connectivity index (χ4n) is 4.17. The molecule has 2 aromatic carbocycles. The number of nitrogens with one attached hydrogen (secondary N) is 1. The van der Waals surface area contributed by atoms with Gasteiger partial charge in [-0.25, -0.2) is 9.97 Å². The third-order valence-electron chi connectivity index (χ3n) is 5.97. The van der Waals surface area contributed by atoms with Crippen LogP contribution in [0, 0.1) is 5.92 Å². The number of halogens is 2. The number of anilines is 1. The van der Waals surface area contributed by atoms with E-state index >= 15 is 0 Å². The molecule has 1 N–H and O–H groups in total. The molecule has 3 aromatic rings. The second-order valence-corrected chi connectivity index (χ2v) is 9.27. The van der Waals surface area contributed by atoms with Crippen molar-refractivity contribution in [3.63, 3.8) is 0 Å². The molecule has 0 spiro atoms. The zero-order valence-electron chi connectivity index (χ0n) is 17.7. The van der Waals surface area contributed by atoms with Crippen LogP contribution in [0.25, 0.3) is 10.9 Å². The summed E-state index contributed by atoms with van der Waals surface area (Å²) >= 11 is 12.1. The van der Waals surface area contributed by atoms with E-state index < -0.39 is 0 Å². The normalized spacial score (nSPS) is 16.0. The quantitative estimate of drug-likeness (QED) is 0.528. The molecule has 1 saturated heterocycles. The van der Waals surface area contributed by atoms with Gasteiger partial charge in [-0.2, -0.15) is 0 Å². The Hall–Kier alpha value is -2.37. The van der Waals surface area contributed by atoms with Crippen LogP contribution in [0.5, 0.6) is 0 Å². The first-order valence-electron chi connectivity index (χ1n) is 10.6. The second-order valence-electron chi connectivity index (χ2n) is 8.40. The Morgan fingerprint density at radius 2 is 1.71 bits per heavy atom. The number of rotatable bonds is 5. The van der Waals surface area contributed by atoms with Gasteiger partial charge in [-0.15, -0.1) is 0 Å². The van der Waals surface area contributed by atoms with Crippen LogP contribution >= 0.6 is 23.2 Å². The van der Waals surface area contributed by atoms with Crippen molar-refractivity contribution in [2.24, 2.45) is 5.92 Å². The largest absolute Gasteiger partial charge is 0.358 e. The molecule has 0 aliphatic carbocycles. The van der Waals surface area contributed by atoms with Crippen LogP contribution in [0.4, 0.5) is 5.82 Å². The molecule has 1 fully saturated rings. The van der Waals surface area contributed by atoms with Crippen LogP contribution in [-0.4, -0.2) is 39.9 Å². The van der Waals surface area contributed by atoms with Gasteiger partial charge in [0.1, 0.15) is 18.2 Å². The van der Waals surface area contributed by atoms with E-state index in [1.165, 1.54) is 11.9 Å². The topological polar surface area (TPSA) is 58.1 Å². The van der Waals surface area contributed by atoms with Gasteiger partial charge < -0.3 is 10.2 Å². The lowest BCUT2D eigenvalue weighted by Gasteiger charge is -2.35. The van der Waals surface area contributed by atoms with Gasteiger partial charge in [0.05, 0.1) is 5.52 Å². The first-order chi connectivity index (χ1) is 14.9. The number of hydrogen-bond donors (Lipinski definition) is 1. The van der Waals surface area contributed by atoms with Crippen molar-refractivity contribution in [3.05, 3.63) is 64.4 Å². The number of benzene rings is 2. The van der Waals surface area contributed by atoms with E-state index in [0.717, 1.165) is 41.9 Å². The summed E-state index contributed by atoms with van der Waals surface area (Å²) in [7, 11) is 0. The SMILES string of the molecule is CC(C)[C@@H](Nc1ncnc2cc(Cl)ccc12)C(=O)N1CCC(c2ccc(Cl)cc2)CC1. The maximum Gasteiger partial charge on any atom is 0.245 e. The summed E-state index contributed by atoms with van der Waals surface area (Å²) in [6.45, 7) is 5.60. The van der Waals surface area contributed by atoms with Gasteiger partial charge >= 0.3 is 0 Å². The maximum atomic E-state index is 13.4. The average Bonchev–Trinajstić information content (AvgIpc) is 2.77. The summed E-state index contributed by atoms with van der Waals surface area (Å²) in [5, 5.41) is 5.61. The molecule has 162 valence electrons. The smallest absolute Gasteiger partial charge is 0.245 e. The van der Waals surface area contributed by atoms with Crippen LogP contribution in [0.1, 0.15) is 38.2 Å². The molecular weight excluding hydrogens is 431 g/mol. The number of likely N-dealkylation sites (tertiary alicyclic amines) is 1. The van der Waals surface area contributed by atoms with Gasteiger partial charge in [0, 0.05) is 28.5 Å². The molecule has 0 radical (unpaired) electrons. The van der Waals surface area contributed by atoms with Gasteiger partial charge in [0.25, 0.3) is 0 Å². The van der Waals surface area contributed by atoms with Crippen molar-refractivity contribution < 1.29 is 4.79 Å². The standard InChI is InChI=1S/C24H26Cl2N4O/c1-15(2)22(29-23-20-8-7-19(26)13-21(20)27-14-28-23)24(31)30-11-9-17(10-12-30)16-3-5-18(25)6-4-16/h3-8,13-15,17,22H,9-12H2,1-2H3,(H,27,28,29)/t22-/m1/s1. The van der Waals surface area contributed by atoms with E-state index in [0.29, 0.717) is 16.8 Å². The molecule has 0 bridgehead atoms. The first-order valence-corrected chi connectivity index (χ1v) is 11.4. The van der Waals surface area contributed by atoms with Gasteiger partial charge in [0.2, 0.25) is 5.91 Å². The van der Waals surface area contributed by atoms with Crippen LogP contribution in [0.15, 0.2) is 48.8 Å². The molecule has 0 saturated carbocycles. The molecule has 1 aromatic heterocycles. The molecule has 1 atom stereocenters. The summed E-state index contributed by atoms with van der Waals surface area (Å²) < 4.78 is 0. The fraction of sp³-hybridized carbons (Fsp3) is 0.375. The molecule has 1 aliphatic heterocycles. The van der Waals surface area contributed by atoms with Crippen LogP contribution < -0.4 is 5.32 Å². The van der Waals surface area contributed by atoms with Gasteiger partial charge in [-0.05, 0) is 60.6 Å². The highest BCUT2D eigenvalue weighted by molar-refractivity contribution is 6.31. The highest BCUT2D eigenvalue weighted by Gasteiger charge is 2.31. The third-order valence-corrected chi connectivity index (χ3v) is 6.46. The van der Waals surface area contributed by atoms with Gasteiger partial charge in [-0.3, -0.25) is 4.79 Å². The highest BCUT2D eigenvalue weighted by atomic mass is 35.5. The Kier molecular flexibility index (Phi) is 6.63. The summed E-state index contributed by atoms with van der Waals surface area (Å²) in [5.74, 6) is 1.34. The average molecular weight is 457 g/mol. The van der Waals surface area contributed by atoms with Crippen molar-refractivity contribution in [1.29, 1.82) is 0 Å². The van der Waals surface area contributed by atoms with Crippen LogP contribution in [0.2, 0.25) is 10.0 Å². The predicted molar refractivity (Wildman–Crippen MR) is 127 cm³/mol. The monoisotopic (exact) mass is 456 g/mol. The van der Waals surface area contributed by atoms with Crippen LogP contribution in [0.3, 0.4) is 0 Å². The number of carbonyl (C=O) groups is 1. The molecule has 31 heavy (non-hydrogen) atoms. The molecule has 1 amide bonds. The van der Waals surface area contributed by atoms with E-state index in [4.69, 9.17) is 23.2 Å². The number of aromatic nitrogens is 2. The Balaban J connectivity index is 1.47. The lowest BCUT2D eigenvalue weighted by atomic mass is 9.89. The minimum atomic E-state index is -0.360. The minimum absolute atomic E-state index is 0.110. The van der Waals surface area contributed by atoms with E-state index in [9.17, 15) is 4.79 Å². The van der Waals surface area contributed by atoms with Crippen molar-refractivity contribution in [2.75, 3.05) is 18.4 Å². The molecular formula is C24H26Cl2N4O. The molecule has 0 unspecified atom stereocenters. The Labute approximate surface area is 192 Å². The third kappa shape index (κ3) is 4.94. The number of piperidine rings is 1. The molecule has 1 aliphatic rings. The lowest BCUT2D eigenvalue weighted by Crippen LogP contribution is -2.48. The number of amides is 1. The number of nitrogens with zero attached hydrogens (tertiary/aromatic N) is 3. The van der Waals surface area contributed by atoms with Gasteiger partial charge in [0.15, 0.2) is 0 Å². The molecule has 2 heterocycles. The second kappa shape index (κ2) is 9.41. The van der Waals surface area contributed by atoms with E-state index in [1.807, 2.05) is 29.2 Å². The maximum absolute atomic E-state index is 13.4. The Morgan fingerprint density at radius 3 is 2.39 bits per heavy atom. The molecule has 4 rings (SSSR count). The summed E-state index contributed by atoms with van der Waals surface area (Å²) in [4.78, 5) is 24.1. The van der Waals surface area contributed by atoms with Crippen molar-refractivity contribution in [2.45, 2.75) is 38.6 Å². The summed E-state index contributed by atoms with van der Waals surface area (Å²) in [6.07, 6.45) is 3.40. The van der Waals surface area contributed by atoms with Crippen LogP contribution in [-0.2, 0) is 4.79 Å². The van der Waals surface area contributed by atoms with E-state index in [-0.39, 0.29) is 17.9 Å². The lowest BCUT2D eigenvalue weighted by molar-refractivity contribution is -0.134. The minimum Gasteiger partial charge on any atom is -0.358 e. The van der Waals surface area contributed by atoms with Crippen molar-refractivity contribution in [3.8, 4) is 0 Å². The van der Waals surface area contributed by atoms with E-state index in [1.54, 1.807) is 6.07 Å². The highest BCUT2D eigenvalue weighted by Crippen LogP contribution is 2.30. The first kappa shape index (κ1) is 21.8. The number of hydrogen-bond acceptors (Lipinski definition) is 4. The van der Waals surface area contributed by atoms with Crippen molar-refractivity contribution >= 4 is 45.8 Å².